The molecule has 1 aromatic heterocycles. The Labute approximate surface area is 116 Å². The maximum Gasteiger partial charge on any atom is 0.0992 e. The molecule has 0 atom stereocenters. The quantitative estimate of drug-likeness (QED) is 0.634. The van der Waals surface area contributed by atoms with Gasteiger partial charge in [0.2, 0.25) is 0 Å². The molecule has 3 aromatic rings. The van der Waals surface area contributed by atoms with Crippen molar-refractivity contribution in [2.24, 2.45) is 0 Å². The summed E-state index contributed by atoms with van der Waals surface area (Å²) in [6, 6.07) is 15.5. The first-order valence-electron chi connectivity index (χ1n) is 6.36. The number of hydrogen-bond donors (Lipinski definition) is 3. The highest BCUT2D eigenvalue weighted by molar-refractivity contribution is 5.83. The number of H-pyrrole nitrogens is 1. The Bertz CT molecular complexity index is 796. The molecule has 0 unspecified atom stereocenters. The number of anilines is 2. The summed E-state index contributed by atoms with van der Waals surface area (Å²) in [5.41, 5.74) is 10.2. The molecule has 4 heteroatoms. The summed E-state index contributed by atoms with van der Waals surface area (Å²) in [5.74, 6) is 0. The third-order valence-electron chi connectivity index (χ3n) is 3.32. The van der Waals surface area contributed by atoms with Crippen LogP contribution in [0, 0.1) is 11.3 Å². The average Bonchev–Trinajstić information content (AvgIpc) is 2.89. The molecule has 0 spiro atoms. The van der Waals surface area contributed by atoms with E-state index >= 15 is 0 Å². The highest BCUT2D eigenvalue weighted by Gasteiger charge is 2.04. The normalized spacial score (nSPS) is 10.3. The number of rotatable bonds is 3. The van der Waals surface area contributed by atoms with Gasteiger partial charge in [-0.05, 0) is 29.8 Å². The smallest absolute Gasteiger partial charge is 0.0992 e. The maximum atomic E-state index is 8.82. The molecule has 0 bridgehead atoms. The summed E-state index contributed by atoms with van der Waals surface area (Å²) in [6.45, 7) is 0.681. The van der Waals surface area contributed by atoms with Crippen LogP contribution < -0.4 is 11.1 Å². The number of nitrogens with one attached hydrogen (secondary N) is 2. The van der Waals surface area contributed by atoms with Crippen LogP contribution in [0.15, 0.2) is 48.7 Å². The van der Waals surface area contributed by atoms with Crippen LogP contribution in [0.2, 0.25) is 0 Å². The van der Waals surface area contributed by atoms with Gasteiger partial charge in [-0.2, -0.15) is 5.26 Å². The third kappa shape index (κ3) is 2.17. The van der Waals surface area contributed by atoms with Crippen molar-refractivity contribution >= 4 is 22.3 Å². The highest BCUT2D eigenvalue weighted by Crippen LogP contribution is 2.22. The molecule has 0 aliphatic rings. The van der Waals surface area contributed by atoms with Gasteiger partial charge < -0.3 is 16.0 Å². The van der Waals surface area contributed by atoms with Crippen molar-refractivity contribution in [2.75, 3.05) is 11.1 Å². The Morgan fingerprint density at radius 1 is 1.20 bits per heavy atom. The average molecular weight is 262 g/mol. The van der Waals surface area contributed by atoms with Crippen LogP contribution in [0.25, 0.3) is 10.9 Å². The van der Waals surface area contributed by atoms with Gasteiger partial charge in [-0.3, -0.25) is 0 Å². The lowest BCUT2D eigenvalue weighted by Crippen LogP contribution is -2.02. The molecule has 0 saturated carbocycles. The number of nitrogen functional groups attached to an aromatic ring is 1. The number of nitriles is 1. The molecular formula is C16H14N4. The summed E-state index contributed by atoms with van der Waals surface area (Å²) < 4.78 is 0. The number of benzene rings is 2. The summed E-state index contributed by atoms with van der Waals surface area (Å²) in [4.78, 5) is 3.24. The topological polar surface area (TPSA) is 77.6 Å². The second-order valence-corrected chi connectivity index (χ2v) is 4.63. The van der Waals surface area contributed by atoms with E-state index < -0.39 is 0 Å². The van der Waals surface area contributed by atoms with Gasteiger partial charge in [0, 0.05) is 23.6 Å². The molecule has 0 aliphatic carbocycles. The number of hydrogen-bond acceptors (Lipinski definition) is 3. The zero-order valence-electron chi connectivity index (χ0n) is 10.9. The van der Waals surface area contributed by atoms with Crippen molar-refractivity contribution in [2.45, 2.75) is 6.54 Å². The Hall–Kier alpha value is -2.93. The van der Waals surface area contributed by atoms with Crippen molar-refractivity contribution in [1.29, 1.82) is 5.26 Å². The Morgan fingerprint density at radius 2 is 2.05 bits per heavy atom. The first kappa shape index (κ1) is 12.1. The zero-order chi connectivity index (χ0) is 13.9. The van der Waals surface area contributed by atoms with E-state index in [4.69, 9.17) is 11.0 Å². The van der Waals surface area contributed by atoms with Crippen LogP contribution in [0.4, 0.5) is 11.4 Å². The third-order valence-corrected chi connectivity index (χ3v) is 3.32. The molecule has 1 heterocycles. The summed E-state index contributed by atoms with van der Waals surface area (Å²) in [6.07, 6.45) is 2.00. The Balaban J connectivity index is 1.81. The van der Waals surface area contributed by atoms with Gasteiger partial charge in [-0.25, -0.2) is 0 Å². The second-order valence-electron chi connectivity index (χ2n) is 4.63. The van der Waals surface area contributed by atoms with Gasteiger partial charge in [-0.1, -0.05) is 18.2 Å². The predicted molar refractivity (Wildman–Crippen MR) is 81.2 cm³/mol. The molecule has 2 aromatic carbocycles. The van der Waals surface area contributed by atoms with Crippen LogP contribution in [0.1, 0.15) is 11.1 Å². The second kappa shape index (κ2) is 4.98. The van der Waals surface area contributed by atoms with Crippen molar-refractivity contribution in [3.8, 4) is 6.07 Å². The number of para-hydroxylation sites is 1. The molecule has 20 heavy (non-hydrogen) atoms. The number of fused-ring (bicyclic) bond motifs is 1. The van der Waals surface area contributed by atoms with Gasteiger partial charge in [0.25, 0.3) is 0 Å². The van der Waals surface area contributed by atoms with E-state index in [2.05, 4.69) is 28.5 Å². The van der Waals surface area contributed by atoms with Gasteiger partial charge in [-0.15, -0.1) is 0 Å². The van der Waals surface area contributed by atoms with Gasteiger partial charge in [0.05, 0.1) is 23.0 Å². The predicted octanol–water partition coefficient (Wildman–Crippen LogP) is 3.23. The molecule has 0 amide bonds. The van der Waals surface area contributed by atoms with E-state index in [-0.39, 0.29) is 0 Å². The van der Waals surface area contributed by atoms with Crippen LogP contribution >= 0.6 is 0 Å². The zero-order valence-corrected chi connectivity index (χ0v) is 10.9. The van der Waals surface area contributed by atoms with Crippen LogP contribution in [0.5, 0.6) is 0 Å². The molecule has 0 saturated heterocycles. The SMILES string of the molecule is N#Cc1ccc(NCc2c[nH]c3ccccc23)c(N)c1. The number of nitrogens with two attached hydrogens (primary N) is 1. The minimum Gasteiger partial charge on any atom is -0.397 e. The van der Waals surface area contributed by atoms with E-state index in [0.717, 1.165) is 11.2 Å². The first-order valence-corrected chi connectivity index (χ1v) is 6.36. The van der Waals surface area contributed by atoms with E-state index in [1.165, 1.54) is 10.9 Å². The largest absolute Gasteiger partial charge is 0.397 e. The van der Waals surface area contributed by atoms with Crippen LogP contribution in [-0.4, -0.2) is 4.98 Å². The summed E-state index contributed by atoms with van der Waals surface area (Å²) in [5, 5.41) is 13.3. The fourth-order valence-electron chi connectivity index (χ4n) is 2.26. The molecule has 98 valence electrons. The van der Waals surface area contributed by atoms with E-state index in [1.54, 1.807) is 12.1 Å². The molecule has 0 aliphatic heterocycles. The van der Waals surface area contributed by atoms with Crippen LogP contribution in [-0.2, 0) is 6.54 Å². The minimum absolute atomic E-state index is 0.570. The van der Waals surface area contributed by atoms with Gasteiger partial charge in [0.15, 0.2) is 0 Å². The molecule has 3 rings (SSSR count). The van der Waals surface area contributed by atoms with Crippen molar-refractivity contribution in [3.05, 3.63) is 59.8 Å². The fraction of sp³-hybridized carbons (Fsp3) is 0.0625. The van der Waals surface area contributed by atoms with E-state index in [9.17, 15) is 0 Å². The van der Waals surface area contributed by atoms with Crippen LogP contribution in [0.3, 0.4) is 0 Å². The number of nitrogens with zero attached hydrogens (tertiary/aromatic N) is 1. The lowest BCUT2D eigenvalue weighted by molar-refractivity contribution is 1.16. The highest BCUT2D eigenvalue weighted by atomic mass is 14.9. The van der Waals surface area contributed by atoms with Crippen molar-refractivity contribution < 1.29 is 0 Å². The van der Waals surface area contributed by atoms with Crippen molar-refractivity contribution in [3.63, 3.8) is 0 Å². The molecule has 0 radical (unpaired) electrons. The molecule has 4 N–H and O–H groups in total. The molecule has 4 nitrogen and oxygen atoms in total. The van der Waals surface area contributed by atoms with E-state index in [1.807, 2.05) is 24.4 Å². The van der Waals surface area contributed by atoms with Crippen molar-refractivity contribution in [1.82, 2.24) is 4.98 Å². The molecular weight excluding hydrogens is 248 g/mol. The summed E-state index contributed by atoms with van der Waals surface area (Å²) in [7, 11) is 0. The standard InChI is InChI=1S/C16H14N4/c17-8-11-5-6-16(14(18)7-11)20-10-12-9-19-15-4-2-1-3-13(12)15/h1-7,9,19-20H,10,18H2. The monoisotopic (exact) mass is 262 g/mol. The van der Waals surface area contributed by atoms with Gasteiger partial charge >= 0.3 is 0 Å². The Morgan fingerprint density at radius 3 is 2.85 bits per heavy atom. The molecule has 0 fully saturated rings. The summed E-state index contributed by atoms with van der Waals surface area (Å²) >= 11 is 0. The van der Waals surface area contributed by atoms with Gasteiger partial charge in [0.1, 0.15) is 0 Å². The van der Waals surface area contributed by atoms with E-state index in [0.29, 0.717) is 17.8 Å². The lowest BCUT2D eigenvalue weighted by Gasteiger charge is -2.09. The number of aromatic nitrogens is 1. The fourth-order valence-corrected chi connectivity index (χ4v) is 2.26. The first-order chi connectivity index (χ1) is 9.78. The Kier molecular flexibility index (Phi) is 3.02. The lowest BCUT2D eigenvalue weighted by atomic mass is 10.1. The minimum atomic E-state index is 0.570. The maximum absolute atomic E-state index is 8.82. The number of aromatic amines is 1.